The highest BCUT2D eigenvalue weighted by Crippen LogP contribution is 2.02. The fourth-order valence-electron chi connectivity index (χ4n) is 1.12. The Morgan fingerprint density at radius 3 is 2.41 bits per heavy atom. The first-order chi connectivity index (χ1) is 7.79. The molecule has 7 nitrogen and oxygen atoms in total. The Hall–Kier alpha value is -1.15. The van der Waals surface area contributed by atoms with Gasteiger partial charge in [0.1, 0.15) is 0 Å². The molecule has 100 valence electrons. The van der Waals surface area contributed by atoms with Gasteiger partial charge < -0.3 is 10.4 Å². The lowest BCUT2D eigenvalue weighted by Gasteiger charge is -2.16. The second-order valence-corrected chi connectivity index (χ2v) is 5.72. The van der Waals surface area contributed by atoms with Gasteiger partial charge in [0, 0.05) is 20.0 Å². The molecule has 0 aliphatic carbocycles. The number of likely N-dealkylation sites (N-methyl/N-ethyl adjacent to an activating group) is 2. The van der Waals surface area contributed by atoms with Crippen molar-refractivity contribution < 1.29 is 23.1 Å². The summed E-state index contributed by atoms with van der Waals surface area (Å²) in [5, 5.41) is 10.9. The molecule has 0 aliphatic rings. The molecule has 0 aromatic carbocycles. The number of sulfonamides is 1. The van der Waals surface area contributed by atoms with Crippen LogP contribution in [-0.4, -0.2) is 55.6 Å². The Balaban J connectivity index is 4.20. The van der Waals surface area contributed by atoms with Crippen LogP contribution in [0.4, 0.5) is 0 Å². The molecule has 8 heteroatoms. The second-order valence-electron chi connectivity index (χ2n) is 3.52. The Bertz CT molecular complexity index is 366. The van der Waals surface area contributed by atoms with Gasteiger partial charge in [0.05, 0.1) is 12.3 Å². The maximum atomic E-state index is 11.6. The van der Waals surface area contributed by atoms with E-state index in [1.165, 1.54) is 7.05 Å². The Morgan fingerprint density at radius 2 is 1.94 bits per heavy atom. The number of nitrogens with one attached hydrogen (secondary N) is 1. The predicted octanol–water partition coefficient (Wildman–Crippen LogP) is -0.751. The molecule has 0 bridgehead atoms. The summed E-state index contributed by atoms with van der Waals surface area (Å²) < 4.78 is 24.1. The topological polar surface area (TPSA) is 104 Å². The third-order valence-corrected chi connectivity index (χ3v) is 3.89. The summed E-state index contributed by atoms with van der Waals surface area (Å²) in [6.45, 7) is 1.92. The maximum absolute atomic E-state index is 11.6. The van der Waals surface area contributed by atoms with Gasteiger partial charge >= 0.3 is 5.97 Å². The van der Waals surface area contributed by atoms with Crippen LogP contribution in [-0.2, 0) is 19.6 Å². The molecule has 1 amide bonds. The van der Waals surface area contributed by atoms with Crippen LogP contribution in [0.25, 0.3) is 0 Å². The fraction of sp³-hybridized carbons (Fsp3) is 0.778. The Morgan fingerprint density at radius 1 is 1.35 bits per heavy atom. The summed E-state index contributed by atoms with van der Waals surface area (Å²) in [6.07, 6.45) is -0.161. The first kappa shape index (κ1) is 15.9. The highest BCUT2D eigenvalue weighted by Gasteiger charge is 2.20. The zero-order valence-electron chi connectivity index (χ0n) is 9.97. The van der Waals surface area contributed by atoms with Crippen LogP contribution in [0.15, 0.2) is 0 Å². The van der Waals surface area contributed by atoms with Crippen molar-refractivity contribution in [2.24, 2.45) is 0 Å². The number of aliphatic carboxylic acids is 1. The van der Waals surface area contributed by atoms with Crippen LogP contribution in [0.3, 0.4) is 0 Å². The maximum Gasteiger partial charge on any atom is 0.303 e. The van der Waals surface area contributed by atoms with Gasteiger partial charge in [-0.15, -0.1) is 0 Å². The minimum Gasteiger partial charge on any atom is -0.481 e. The van der Waals surface area contributed by atoms with E-state index >= 15 is 0 Å². The fourth-order valence-corrected chi connectivity index (χ4v) is 2.25. The quantitative estimate of drug-likeness (QED) is 0.601. The largest absolute Gasteiger partial charge is 0.481 e. The Labute approximate surface area is 101 Å². The van der Waals surface area contributed by atoms with Gasteiger partial charge in [0.15, 0.2) is 0 Å². The number of hydrogen-bond donors (Lipinski definition) is 2. The van der Waals surface area contributed by atoms with E-state index in [9.17, 15) is 18.0 Å². The lowest BCUT2D eigenvalue weighted by molar-refractivity contribution is -0.137. The molecule has 0 rings (SSSR count). The van der Waals surface area contributed by atoms with Crippen molar-refractivity contribution in [1.29, 1.82) is 0 Å². The zero-order chi connectivity index (χ0) is 13.5. The van der Waals surface area contributed by atoms with Crippen LogP contribution < -0.4 is 5.32 Å². The van der Waals surface area contributed by atoms with E-state index in [4.69, 9.17) is 5.11 Å². The lowest BCUT2D eigenvalue weighted by Crippen LogP contribution is -2.39. The number of carboxylic acid groups (broad SMARTS) is 1. The van der Waals surface area contributed by atoms with Gasteiger partial charge in [0.2, 0.25) is 15.9 Å². The third-order valence-electron chi connectivity index (χ3n) is 2.01. The Kier molecular flexibility index (Phi) is 6.74. The van der Waals surface area contributed by atoms with Gasteiger partial charge in [-0.05, 0) is 13.3 Å². The summed E-state index contributed by atoms with van der Waals surface area (Å²) in [7, 11) is -2.26. The van der Waals surface area contributed by atoms with Crippen LogP contribution in [0.5, 0.6) is 0 Å². The number of amides is 1. The van der Waals surface area contributed by atoms with E-state index in [1.807, 2.05) is 0 Å². The monoisotopic (exact) mass is 266 g/mol. The van der Waals surface area contributed by atoms with Gasteiger partial charge in [-0.1, -0.05) is 0 Å². The van der Waals surface area contributed by atoms with Crippen LogP contribution in [0.2, 0.25) is 0 Å². The van der Waals surface area contributed by atoms with Gasteiger partial charge in [-0.25, -0.2) is 8.42 Å². The second kappa shape index (κ2) is 7.23. The van der Waals surface area contributed by atoms with E-state index in [0.717, 1.165) is 4.31 Å². The SMILES string of the molecule is CCNC(=O)CN(C)S(=O)(=O)CCCC(=O)O. The molecule has 0 unspecified atom stereocenters. The standard InChI is InChI=1S/C9H18N2O5S/c1-3-10-8(12)7-11(2)17(15,16)6-4-5-9(13)14/h3-7H2,1-2H3,(H,10,12)(H,13,14). The molecule has 0 fully saturated rings. The summed E-state index contributed by atoms with van der Waals surface area (Å²) in [6, 6.07) is 0. The molecular weight excluding hydrogens is 248 g/mol. The summed E-state index contributed by atoms with van der Waals surface area (Å²) in [5.41, 5.74) is 0. The number of carboxylic acids is 1. The number of rotatable bonds is 8. The molecule has 0 saturated carbocycles. The zero-order valence-corrected chi connectivity index (χ0v) is 10.8. The molecule has 0 aromatic heterocycles. The van der Waals surface area contributed by atoms with Crippen LogP contribution >= 0.6 is 0 Å². The molecule has 0 radical (unpaired) electrons. The average molecular weight is 266 g/mol. The van der Waals surface area contributed by atoms with E-state index in [2.05, 4.69) is 5.32 Å². The molecule has 0 aliphatic heterocycles. The molecule has 0 heterocycles. The summed E-state index contributed by atoms with van der Waals surface area (Å²) in [4.78, 5) is 21.4. The van der Waals surface area contributed by atoms with E-state index in [0.29, 0.717) is 6.54 Å². The van der Waals surface area contributed by atoms with Crippen LogP contribution in [0, 0.1) is 0 Å². The van der Waals surface area contributed by atoms with E-state index in [1.54, 1.807) is 6.92 Å². The number of carbonyl (C=O) groups excluding carboxylic acids is 1. The minimum absolute atomic E-state index is 0.0391. The van der Waals surface area contributed by atoms with Crippen molar-refractivity contribution in [3.63, 3.8) is 0 Å². The smallest absolute Gasteiger partial charge is 0.303 e. The average Bonchev–Trinajstić information content (AvgIpc) is 2.16. The van der Waals surface area contributed by atoms with Crippen molar-refractivity contribution in [2.75, 3.05) is 25.9 Å². The normalized spacial score (nSPS) is 11.5. The van der Waals surface area contributed by atoms with Gasteiger partial charge in [-0.3, -0.25) is 9.59 Å². The highest BCUT2D eigenvalue weighted by atomic mass is 32.2. The van der Waals surface area contributed by atoms with Crippen molar-refractivity contribution in [3.8, 4) is 0 Å². The molecule has 2 N–H and O–H groups in total. The molecule has 0 spiro atoms. The van der Waals surface area contributed by atoms with E-state index < -0.39 is 16.0 Å². The number of hydrogen-bond acceptors (Lipinski definition) is 4. The van der Waals surface area contributed by atoms with Crippen molar-refractivity contribution in [1.82, 2.24) is 9.62 Å². The van der Waals surface area contributed by atoms with Gasteiger partial charge in [-0.2, -0.15) is 4.31 Å². The molecule has 0 saturated heterocycles. The summed E-state index contributed by atoms with van der Waals surface area (Å²) in [5.74, 6) is -1.68. The van der Waals surface area contributed by atoms with Crippen molar-refractivity contribution in [3.05, 3.63) is 0 Å². The van der Waals surface area contributed by atoms with Crippen LogP contribution in [0.1, 0.15) is 19.8 Å². The third kappa shape index (κ3) is 6.90. The van der Waals surface area contributed by atoms with E-state index in [-0.39, 0.29) is 31.0 Å². The number of nitrogens with zero attached hydrogens (tertiary/aromatic N) is 1. The predicted molar refractivity (Wildman–Crippen MR) is 62.0 cm³/mol. The van der Waals surface area contributed by atoms with Gasteiger partial charge in [0.25, 0.3) is 0 Å². The minimum atomic E-state index is -3.56. The lowest BCUT2D eigenvalue weighted by atomic mass is 10.3. The first-order valence-electron chi connectivity index (χ1n) is 5.22. The first-order valence-corrected chi connectivity index (χ1v) is 6.83. The van der Waals surface area contributed by atoms with Crippen molar-refractivity contribution in [2.45, 2.75) is 19.8 Å². The molecule has 17 heavy (non-hydrogen) atoms. The molecule has 0 aromatic rings. The number of carbonyl (C=O) groups is 2. The van der Waals surface area contributed by atoms with Crippen molar-refractivity contribution >= 4 is 21.9 Å². The summed E-state index contributed by atoms with van der Waals surface area (Å²) >= 11 is 0. The molecular formula is C9H18N2O5S. The highest BCUT2D eigenvalue weighted by molar-refractivity contribution is 7.89. The molecule has 0 atom stereocenters.